The van der Waals surface area contributed by atoms with Crippen LogP contribution in [-0.4, -0.2) is 59.1 Å². The molecule has 2 saturated heterocycles. The number of carboxylic acid groups (broad SMARTS) is 1. The highest BCUT2D eigenvalue weighted by atomic mass is 16.5. The van der Waals surface area contributed by atoms with Crippen molar-refractivity contribution >= 4 is 17.8 Å². The molecule has 0 aromatic carbocycles. The molecule has 5 saturated carbocycles. The standard InChI is InChI=1S/C45H72N2O5/c1-27(2)29-15-20-45(24-36(48)46-31-23-28-11-13-32(31)47(28)10)22-21-43(8)30(39(29)45)12-14-34-42(7)18-17-35(41(5,6)33(42)16-19-44(34,43)9)52-38(51)26-40(3,4)25-37(49)50/h28-35,39H,1,11-26H2,2-10H3,(H,46,48)(H,49,50)/t28?,29-,30+,31?,32?,33-,34+,35-,39+,42-,43+,44+,45+/m0/s1. The minimum Gasteiger partial charge on any atom is -0.481 e. The molecule has 7 fully saturated rings. The van der Waals surface area contributed by atoms with Crippen molar-refractivity contribution in [2.45, 2.75) is 182 Å². The Morgan fingerprint density at radius 1 is 0.865 bits per heavy atom. The van der Waals surface area contributed by atoms with Gasteiger partial charge in [0.2, 0.25) is 5.91 Å². The van der Waals surface area contributed by atoms with Crippen LogP contribution in [0.5, 0.6) is 0 Å². The summed E-state index contributed by atoms with van der Waals surface area (Å²) in [5.74, 6) is 1.88. The largest absolute Gasteiger partial charge is 0.481 e. The van der Waals surface area contributed by atoms with Gasteiger partial charge < -0.3 is 15.2 Å². The fourth-order valence-electron chi connectivity index (χ4n) is 15.8. The second-order valence-corrected chi connectivity index (χ2v) is 21.8. The van der Waals surface area contributed by atoms with E-state index in [1.165, 1.54) is 50.5 Å². The van der Waals surface area contributed by atoms with E-state index in [4.69, 9.17) is 4.74 Å². The Bertz CT molecular complexity index is 1470. The van der Waals surface area contributed by atoms with E-state index in [0.717, 1.165) is 38.5 Å². The summed E-state index contributed by atoms with van der Waals surface area (Å²) < 4.78 is 6.30. The van der Waals surface area contributed by atoms with E-state index in [1.54, 1.807) is 0 Å². The highest BCUT2D eigenvalue weighted by Gasteiger charge is 2.71. The van der Waals surface area contributed by atoms with E-state index in [9.17, 15) is 19.5 Å². The van der Waals surface area contributed by atoms with E-state index in [0.29, 0.717) is 60.0 Å². The lowest BCUT2D eigenvalue weighted by molar-refractivity contribution is -0.250. The lowest BCUT2D eigenvalue weighted by atomic mass is 9.32. The molecule has 2 N–H and O–H groups in total. The molecule has 0 aromatic rings. The fraction of sp³-hybridized carbons (Fsp3) is 0.889. The first kappa shape index (κ1) is 38.4. The number of carbonyl (C=O) groups excluding carboxylic acids is 2. The molecular formula is C45H72N2O5. The van der Waals surface area contributed by atoms with Crippen LogP contribution in [-0.2, 0) is 19.1 Å². The normalized spacial score (nSPS) is 46.4. The van der Waals surface area contributed by atoms with E-state index >= 15 is 0 Å². The molecule has 2 heterocycles. The van der Waals surface area contributed by atoms with Crippen molar-refractivity contribution in [2.24, 2.45) is 62.1 Å². The zero-order valence-corrected chi connectivity index (χ0v) is 34.2. The molecule has 0 aromatic heterocycles. The van der Waals surface area contributed by atoms with Crippen LogP contribution in [0, 0.1) is 62.1 Å². The first-order valence-electron chi connectivity index (χ1n) is 21.3. The Labute approximate surface area is 315 Å². The highest BCUT2D eigenvalue weighted by molar-refractivity contribution is 5.77. The van der Waals surface area contributed by atoms with Crippen LogP contribution in [0.15, 0.2) is 12.2 Å². The average molecular weight is 721 g/mol. The smallest absolute Gasteiger partial charge is 0.306 e. The molecule has 52 heavy (non-hydrogen) atoms. The number of hydrogen-bond donors (Lipinski definition) is 2. The third kappa shape index (κ3) is 5.85. The van der Waals surface area contributed by atoms with E-state index in [1.807, 2.05) is 13.8 Å². The third-order valence-electron chi connectivity index (χ3n) is 18.4. The van der Waals surface area contributed by atoms with Crippen molar-refractivity contribution in [1.29, 1.82) is 0 Å². The Hall–Kier alpha value is -1.89. The van der Waals surface area contributed by atoms with Gasteiger partial charge in [-0.05, 0) is 154 Å². The average Bonchev–Trinajstić information content (AvgIpc) is 3.67. The van der Waals surface area contributed by atoms with E-state index in [2.05, 4.69) is 65.4 Å². The number of rotatable bonds is 9. The van der Waals surface area contributed by atoms with Crippen molar-refractivity contribution in [1.82, 2.24) is 10.2 Å². The van der Waals surface area contributed by atoms with E-state index < -0.39 is 11.4 Å². The second kappa shape index (κ2) is 12.8. The summed E-state index contributed by atoms with van der Waals surface area (Å²) in [6, 6.07) is 1.47. The van der Waals surface area contributed by atoms with E-state index in [-0.39, 0.29) is 52.0 Å². The van der Waals surface area contributed by atoms with Crippen LogP contribution in [0.2, 0.25) is 0 Å². The summed E-state index contributed by atoms with van der Waals surface area (Å²) in [6.07, 6.45) is 15.7. The lowest BCUT2D eigenvalue weighted by Gasteiger charge is -2.73. The number of aliphatic carboxylic acids is 1. The number of esters is 1. The van der Waals surface area contributed by atoms with Gasteiger partial charge in [0.15, 0.2) is 0 Å². The minimum absolute atomic E-state index is 0.0434. The zero-order valence-electron chi connectivity index (χ0n) is 34.2. The van der Waals surface area contributed by atoms with Gasteiger partial charge in [-0.2, -0.15) is 0 Å². The highest BCUT2D eigenvalue weighted by Crippen LogP contribution is 2.78. The number of ether oxygens (including phenoxy) is 1. The molecule has 13 atom stereocenters. The van der Waals surface area contributed by atoms with Crippen molar-refractivity contribution in [3.8, 4) is 0 Å². The summed E-state index contributed by atoms with van der Waals surface area (Å²) in [5.41, 5.74) is 1.21. The molecule has 5 aliphatic carbocycles. The number of amides is 1. The van der Waals surface area contributed by atoms with Gasteiger partial charge in [0.1, 0.15) is 6.10 Å². The summed E-state index contributed by atoms with van der Waals surface area (Å²) in [6.45, 7) is 23.2. The number of nitrogens with zero attached hydrogens (tertiary/aromatic N) is 1. The summed E-state index contributed by atoms with van der Waals surface area (Å²) in [4.78, 5) is 41.2. The van der Waals surface area contributed by atoms with Crippen molar-refractivity contribution < 1.29 is 24.2 Å². The quantitative estimate of drug-likeness (QED) is 0.182. The minimum atomic E-state index is -0.878. The van der Waals surface area contributed by atoms with Crippen LogP contribution in [0.1, 0.15) is 158 Å². The first-order valence-corrected chi connectivity index (χ1v) is 21.3. The summed E-state index contributed by atoms with van der Waals surface area (Å²) in [7, 11) is 2.25. The van der Waals surface area contributed by atoms with Crippen LogP contribution in [0.4, 0.5) is 0 Å². The van der Waals surface area contributed by atoms with Gasteiger partial charge >= 0.3 is 11.9 Å². The lowest BCUT2D eigenvalue weighted by Crippen LogP contribution is -2.67. The number of nitrogens with one attached hydrogen (secondary N) is 1. The number of carbonyl (C=O) groups is 3. The van der Waals surface area contributed by atoms with Gasteiger partial charge in [-0.25, -0.2) is 0 Å². The maximum Gasteiger partial charge on any atom is 0.306 e. The van der Waals surface area contributed by atoms with Crippen molar-refractivity contribution in [3.63, 3.8) is 0 Å². The van der Waals surface area contributed by atoms with Crippen molar-refractivity contribution in [2.75, 3.05) is 7.05 Å². The van der Waals surface area contributed by atoms with Crippen LogP contribution < -0.4 is 5.32 Å². The zero-order chi connectivity index (χ0) is 37.8. The predicted octanol–water partition coefficient (Wildman–Crippen LogP) is 9.19. The third-order valence-corrected chi connectivity index (χ3v) is 18.4. The van der Waals surface area contributed by atoms with Crippen LogP contribution in [0.3, 0.4) is 0 Å². The molecule has 2 aliphatic heterocycles. The van der Waals surface area contributed by atoms with Crippen molar-refractivity contribution in [3.05, 3.63) is 12.2 Å². The number of fused-ring (bicyclic) bond motifs is 9. The second-order valence-electron chi connectivity index (χ2n) is 21.8. The molecule has 292 valence electrons. The summed E-state index contributed by atoms with van der Waals surface area (Å²) in [5, 5.41) is 13.0. The van der Waals surface area contributed by atoms with Gasteiger partial charge in [0.25, 0.3) is 0 Å². The Balaban J connectivity index is 1.10. The summed E-state index contributed by atoms with van der Waals surface area (Å²) >= 11 is 0. The molecule has 1 amide bonds. The molecule has 0 radical (unpaired) electrons. The maximum absolute atomic E-state index is 14.1. The Kier molecular flexibility index (Phi) is 9.47. The van der Waals surface area contributed by atoms with Gasteiger partial charge in [-0.15, -0.1) is 0 Å². The van der Waals surface area contributed by atoms with Gasteiger partial charge in [-0.1, -0.05) is 60.6 Å². The van der Waals surface area contributed by atoms with Gasteiger partial charge in [0.05, 0.1) is 12.8 Å². The van der Waals surface area contributed by atoms with Gasteiger partial charge in [-0.3, -0.25) is 19.3 Å². The molecule has 7 heteroatoms. The molecule has 7 nitrogen and oxygen atoms in total. The number of allylic oxidation sites excluding steroid dienone is 1. The number of carboxylic acids is 1. The molecule has 7 rings (SSSR count). The first-order chi connectivity index (χ1) is 24.2. The molecule has 0 spiro atoms. The molecule has 2 bridgehead atoms. The Morgan fingerprint density at radius 3 is 2.23 bits per heavy atom. The predicted molar refractivity (Wildman–Crippen MR) is 205 cm³/mol. The SMILES string of the molecule is C=C(C)[C@@H]1CC[C@]2(CC(=O)NC3CC4CCC3N4C)CC[C@]3(C)[C@H](CC[C@@H]4[C@@]5(C)CC[C@H](OC(=O)CC(C)(C)CC(=O)O)C(C)(C)[C@@H]5CC[C@]43C)[C@@H]12. The number of likely N-dealkylation sites (N-methyl/N-ethyl adjacent to an activating group) is 1. The number of hydrogen-bond acceptors (Lipinski definition) is 5. The van der Waals surface area contributed by atoms with Crippen LogP contribution >= 0.6 is 0 Å². The molecule has 3 unspecified atom stereocenters. The fourth-order valence-corrected chi connectivity index (χ4v) is 15.8. The molecule has 7 aliphatic rings. The monoisotopic (exact) mass is 721 g/mol. The van der Waals surface area contributed by atoms with Gasteiger partial charge in [0, 0.05) is 30.0 Å². The Morgan fingerprint density at radius 2 is 1.60 bits per heavy atom. The maximum atomic E-state index is 14.1. The topological polar surface area (TPSA) is 95.9 Å². The molecular weight excluding hydrogens is 649 g/mol. The van der Waals surface area contributed by atoms with Crippen LogP contribution in [0.25, 0.3) is 0 Å².